The van der Waals surface area contributed by atoms with Gasteiger partial charge in [0.25, 0.3) is 0 Å². The second-order valence-corrected chi connectivity index (χ2v) is 4.29. The fourth-order valence-corrected chi connectivity index (χ4v) is 2.28. The number of hydrogen-bond donors (Lipinski definition) is 2. The van der Waals surface area contributed by atoms with Gasteiger partial charge in [0.15, 0.2) is 0 Å². The predicted octanol–water partition coefficient (Wildman–Crippen LogP) is 2.08. The van der Waals surface area contributed by atoms with E-state index < -0.39 is 0 Å². The third kappa shape index (κ3) is 2.35. The SMILES string of the molecule is C[C@H](NCc1cnc[nH]1)C1CCCC1. The van der Waals surface area contributed by atoms with E-state index in [9.17, 15) is 0 Å². The van der Waals surface area contributed by atoms with Gasteiger partial charge in [0, 0.05) is 24.5 Å². The van der Waals surface area contributed by atoms with Gasteiger partial charge in [0.05, 0.1) is 6.33 Å². The minimum absolute atomic E-state index is 0.640. The first-order valence-corrected chi connectivity index (χ1v) is 5.57. The molecule has 2 rings (SSSR count). The molecular weight excluding hydrogens is 174 g/mol. The van der Waals surface area contributed by atoms with E-state index >= 15 is 0 Å². The molecule has 1 saturated carbocycles. The van der Waals surface area contributed by atoms with Crippen LogP contribution in [0.2, 0.25) is 0 Å². The summed E-state index contributed by atoms with van der Waals surface area (Å²) in [5.74, 6) is 0.887. The highest BCUT2D eigenvalue weighted by Crippen LogP contribution is 2.27. The van der Waals surface area contributed by atoms with E-state index in [2.05, 4.69) is 22.2 Å². The van der Waals surface area contributed by atoms with Crippen molar-refractivity contribution in [2.24, 2.45) is 5.92 Å². The van der Waals surface area contributed by atoms with E-state index in [1.807, 2.05) is 6.20 Å². The van der Waals surface area contributed by atoms with Gasteiger partial charge in [-0.15, -0.1) is 0 Å². The molecule has 1 aliphatic rings. The van der Waals surface area contributed by atoms with Crippen LogP contribution in [0.4, 0.5) is 0 Å². The molecule has 0 saturated heterocycles. The molecule has 1 atom stereocenters. The molecule has 0 radical (unpaired) electrons. The quantitative estimate of drug-likeness (QED) is 0.768. The highest BCUT2D eigenvalue weighted by atomic mass is 15.0. The summed E-state index contributed by atoms with van der Waals surface area (Å²) in [5.41, 5.74) is 1.18. The Morgan fingerprint density at radius 2 is 2.36 bits per heavy atom. The van der Waals surface area contributed by atoms with E-state index in [4.69, 9.17) is 0 Å². The van der Waals surface area contributed by atoms with Gasteiger partial charge in [-0.2, -0.15) is 0 Å². The Bertz CT molecular complexity index is 250. The van der Waals surface area contributed by atoms with Gasteiger partial charge in [0.1, 0.15) is 0 Å². The molecule has 0 aromatic carbocycles. The van der Waals surface area contributed by atoms with E-state index in [1.54, 1.807) is 6.33 Å². The number of aromatic nitrogens is 2. The molecule has 2 N–H and O–H groups in total. The number of H-pyrrole nitrogens is 1. The molecule has 0 bridgehead atoms. The Balaban J connectivity index is 1.74. The summed E-state index contributed by atoms with van der Waals surface area (Å²) in [4.78, 5) is 7.11. The zero-order valence-corrected chi connectivity index (χ0v) is 8.79. The zero-order valence-electron chi connectivity index (χ0n) is 8.79. The Labute approximate surface area is 85.3 Å². The van der Waals surface area contributed by atoms with Crippen molar-refractivity contribution in [3.63, 3.8) is 0 Å². The number of nitrogens with one attached hydrogen (secondary N) is 2. The molecule has 1 aromatic rings. The molecule has 0 spiro atoms. The summed E-state index contributed by atoms with van der Waals surface area (Å²) in [6, 6.07) is 0.640. The van der Waals surface area contributed by atoms with Crippen molar-refractivity contribution in [2.45, 2.75) is 45.2 Å². The fourth-order valence-electron chi connectivity index (χ4n) is 2.28. The Morgan fingerprint density at radius 3 is 3.00 bits per heavy atom. The highest BCUT2D eigenvalue weighted by molar-refractivity contribution is 4.94. The summed E-state index contributed by atoms with van der Waals surface area (Å²) in [6.45, 7) is 3.21. The van der Waals surface area contributed by atoms with Crippen LogP contribution in [-0.2, 0) is 6.54 Å². The summed E-state index contributed by atoms with van der Waals surface area (Å²) in [5, 5.41) is 3.56. The number of aromatic amines is 1. The second kappa shape index (κ2) is 4.60. The smallest absolute Gasteiger partial charge is 0.0922 e. The third-order valence-corrected chi connectivity index (χ3v) is 3.28. The van der Waals surface area contributed by atoms with Gasteiger partial charge >= 0.3 is 0 Å². The molecule has 0 unspecified atom stereocenters. The normalized spacial score (nSPS) is 20.1. The lowest BCUT2D eigenvalue weighted by Gasteiger charge is -2.19. The largest absolute Gasteiger partial charge is 0.347 e. The third-order valence-electron chi connectivity index (χ3n) is 3.28. The van der Waals surface area contributed by atoms with Gasteiger partial charge in [-0.25, -0.2) is 4.98 Å². The van der Waals surface area contributed by atoms with Crippen LogP contribution < -0.4 is 5.32 Å². The van der Waals surface area contributed by atoms with Crippen LogP contribution in [0, 0.1) is 5.92 Å². The van der Waals surface area contributed by atoms with Crippen molar-refractivity contribution in [3.8, 4) is 0 Å². The molecule has 3 nitrogen and oxygen atoms in total. The minimum atomic E-state index is 0.640. The Morgan fingerprint density at radius 1 is 1.57 bits per heavy atom. The van der Waals surface area contributed by atoms with Crippen LogP contribution in [0.3, 0.4) is 0 Å². The molecule has 3 heteroatoms. The summed E-state index contributed by atoms with van der Waals surface area (Å²) < 4.78 is 0. The average molecular weight is 193 g/mol. The van der Waals surface area contributed by atoms with Crippen molar-refractivity contribution in [3.05, 3.63) is 18.2 Å². The Hall–Kier alpha value is -0.830. The standard InChI is InChI=1S/C11H19N3/c1-9(10-4-2-3-5-10)13-7-11-6-12-8-14-11/h6,8-10,13H,2-5,7H2,1H3,(H,12,14)/t9-/m0/s1. The topological polar surface area (TPSA) is 40.7 Å². The summed E-state index contributed by atoms with van der Waals surface area (Å²) in [7, 11) is 0. The first-order valence-electron chi connectivity index (χ1n) is 5.57. The van der Waals surface area contributed by atoms with E-state index in [0.717, 1.165) is 12.5 Å². The number of hydrogen-bond acceptors (Lipinski definition) is 2. The van der Waals surface area contributed by atoms with Crippen molar-refractivity contribution in [1.29, 1.82) is 0 Å². The monoisotopic (exact) mass is 193 g/mol. The highest BCUT2D eigenvalue weighted by Gasteiger charge is 2.20. The van der Waals surface area contributed by atoms with Gasteiger partial charge in [-0.3, -0.25) is 0 Å². The predicted molar refractivity (Wildman–Crippen MR) is 56.8 cm³/mol. The molecule has 14 heavy (non-hydrogen) atoms. The van der Waals surface area contributed by atoms with Crippen molar-refractivity contribution >= 4 is 0 Å². The maximum atomic E-state index is 4.00. The zero-order chi connectivity index (χ0) is 9.80. The molecule has 1 aromatic heterocycles. The van der Waals surface area contributed by atoms with Crippen LogP contribution >= 0.6 is 0 Å². The molecule has 78 valence electrons. The molecule has 0 aliphatic heterocycles. The summed E-state index contributed by atoms with van der Waals surface area (Å²) >= 11 is 0. The average Bonchev–Trinajstić information content (AvgIpc) is 2.87. The summed E-state index contributed by atoms with van der Waals surface area (Å²) in [6.07, 6.45) is 9.25. The van der Waals surface area contributed by atoms with Gasteiger partial charge in [-0.05, 0) is 25.7 Å². The van der Waals surface area contributed by atoms with Crippen LogP contribution in [0.25, 0.3) is 0 Å². The number of imidazole rings is 1. The van der Waals surface area contributed by atoms with Crippen molar-refractivity contribution < 1.29 is 0 Å². The van der Waals surface area contributed by atoms with Crippen LogP contribution in [0.1, 0.15) is 38.3 Å². The van der Waals surface area contributed by atoms with Gasteiger partial charge in [0.2, 0.25) is 0 Å². The molecule has 0 amide bonds. The van der Waals surface area contributed by atoms with Crippen molar-refractivity contribution in [1.82, 2.24) is 15.3 Å². The lowest BCUT2D eigenvalue weighted by atomic mass is 10.00. The molecule has 1 aliphatic carbocycles. The van der Waals surface area contributed by atoms with Crippen LogP contribution in [0.15, 0.2) is 12.5 Å². The Kier molecular flexibility index (Phi) is 3.19. The van der Waals surface area contributed by atoms with E-state index in [-0.39, 0.29) is 0 Å². The second-order valence-electron chi connectivity index (χ2n) is 4.29. The fraction of sp³-hybridized carbons (Fsp3) is 0.727. The van der Waals surface area contributed by atoms with Crippen molar-refractivity contribution in [2.75, 3.05) is 0 Å². The number of nitrogens with zero attached hydrogens (tertiary/aromatic N) is 1. The molecule has 1 heterocycles. The van der Waals surface area contributed by atoms with E-state index in [0.29, 0.717) is 6.04 Å². The molecule has 1 fully saturated rings. The lowest BCUT2D eigenvalue weighted by Crippen LogP contribution is -2.31. The van der Waals surface area contributed by atoms with E-state index in [1.165, 1.54) is 31.4 Å². The van der Waals surface area contributed by atoms with Gasteiger partial charge in [-0.1, -0.05) is 12.8 Å². The van der Waals surface area contributed by atoms with Crippen LogP contribution in [0.5, 0.6) is 0 Å². The first kappa shape index (κ1) is 9.71. The van der Waals surface area contributed by atoms with Gasteiger partial charge < -0.3 is 10.3 Å². The minimum Gasteiger partial charge on any atom is -0.347 e. The molecular formula is C11H19N3. The maximum Gasteiger partial charge on any atom is 0.0922 e. The maximum absolute atomic E-state index is 4.00. The van der Waals surface area contributed by atoms with Crippen LogP contribution in [-0.4, -0.2) is 16.0 Å². The lowest BCUT2D eigenvalue weighted by molar-refractivity contribution is 0.379. The number of rotatable bonds is 4. The first-order chi connectivity index (χ1) is 6.86.